The van der Waals surface area contributed by atoms with Gasteiger partial charge >= 0.3 is 0 Å². The summed E-state index contributed by atoms with van der Waals surface area (Å²) in [4.78, 5) is 2.59. The van der Waals surface area contributed by atoms with Crippen molar-refractivity contribution < 1.29 is 0 Å². The first kappa shape index (κ1) is 13.4. The molecule has 1 fully saturated rings. The second kappa shape index (κ2) is 6.79. The summed E-state index contributed by atoms with van der Waals surface area (Å²) in [6.45, 7) is 9.28. The summed E-state index contributed by atoms with van der Waals surface area (Å²) >= 11 is 0. The van der Waals surface area contributed by atoms with Crippen molar-refractivity contribution in [1.82, 2.24) is 4.90 Å². The first-order valence-electron chi connectivity index (χ1n) is 7.31. The minimum Gasteiger partial charge on any atom is -0.384 e. The number of anilines is 1. The van der Waals surface area contributed by atoms with Crippen LogP contribution < -0.4 is 5.32 Å². The molecule has 1 aromatic rings. The van der Waals surface area contributed by atoms with Gasteiger partial charge in [-0.2, -0.15) is 0 Å². The number of nitrogens with zero attached hydrogens (tertiary/aromatic N) is 1. The van der Waals surface area contributed by atoms with E-state index >= 15 is 0 Å². The van der Waals surface area contributed by atoms with Crippen LogP contribution in [-0.4, -0.2) is 31.1 Å². The van der Waals surface area contributed by atoms with Crippen LogP contribution in [0, 0.1) is 12.8 Å². The third-order valence-electron chi connectivity index (χ3n) is 4.17. The lowest BCUT2D eigenvalue weighted by atomic mass is 9.94. The number of rotatable bonds is 5. The van der Waals surface area contributed by atoms with Crippen molar-refractivity contribution in [3.63, 3.8) is 0 Å². The van der Waals surface area contributed by atoms with Gasteiger partial charge in [-0.1, -0.05) is 31.5 Å². The molecule has 100 valence electrons. The van der Waals surface area contributed by atoms with Crippen molar-refractivity contribution in [3.8, 4) is 0 Å². The molecule has 0 unspecified atom stereocenters. The van der Waals surface area contributed by atoms with E-state index < -0.39 is 0 Å². The van der Waals surface area contributed by atoms with Gasteiger partial charge in [0.2, 0.25) is 0 Å². The lowest BCUT2D eigenvalue weighted by molar-refractivity contribution is 0.187. The summed E-state index contributed by atoms with van der Waals surface area (Å²) in [5.41, 5.74) is 2.61. The molecular weight excluding hydrogens is 220 g/mol. The molecule has 0 saturated carbocycles. The first-order valence-corrected chi connectivity index (χ1v) is 7.31. The Hall–Kier alpha value is -1.02. The average molecular weight is 246 g/mol. The third kappa shape index (κ3) is 3.74. The Labute approximate surface area is 111 Å². The Morgan fingerprint density at radius 3 is 2.61 bits per heavy atom. The average Bonchev–Trinajstić information content (AvgIpc) is 2.42. The fourth-order valence-corrected chi connectivity index (χ4v) is 2.74. The molecule has 0 spiro atoms. The van der Waals surface area contributed by atoms with E-state index in [1.54, 1.807) is 0 Å². The van der Waals surface area contributed by atoms with E-state index in [1.165, 1.54) is 50.1 Å². The van der Waals surface area contributed by atoms with E-state index in [1.807, 2.05) is 0 Å². The van der Waals surface area contributed by atoms with Gasteiger partial charge in [0.25, 0.3) is 0 Å². The topological polar surface area (TPSA) is 15.3 Å². The normalized spacial score (nSPS) is 17.9. The van der Waals surface area contributed by atoms with Crippen molar-refractivity contribution in [2.24, 2.45) is 5.92 Å². The Balaban J connectivity index is 1.69. The molecule has 1 aromatic carbocycles. The zero-order valence-corrected chi connectivity index (χ0v) is 11.8. The number of likely N-dealkylation sites (tertiary alicyclic amines) is 1. The van der Waals surface area contributed by atoms with E-state index in [0.29, 0.717) is 0 Å². The molecule has 1 heterocycles. The van der Waals surface area contributed by atoms with Crippen LogP contribution in [0.15, 0.2) is 24.3 Å². The SMILES string of the molecule is CCC1CCN(CCNc2ccccc2C)CC1. The predicted molar refractivity (Wildman–Crippen MR) is 79.1 cm³/mol. The Morgan fingerprint density at radius 1 is 1.22 bits per heavy atom. The number of piperidine rings is 1. The summed E-state index contributed by atoms with van der Waals surface area (Å²) in [5.74, 6) is 0.977. The van der Waals surface area contributed by atoms with Crippen molar-refractivity contribution >= 4 is 5.69 Å². The van der Waals surface area contributed by atoms with Gasteiger partial charge in [0.15, 0.2) is 0 Å². The van der Waals surface area contributed by atoms with Gasteiger partial charge in [0, 0.05) is 18.8 Å². The summed E-state index contributed by atoms with van der Waals surface area (Å²) in [6, 6.07) is 8.52. The molecule has 18 heavy (non-hydrogen) atoms. The number of hydrogen-bond acceptors (Lipinski definition) is 2. The highest BCUT2D eigenvalue weighted by molar-refractivity contribution is 5.50. The zero-order chi connectivity index (χ0) is 12.8. The van der Waals surface area contributed by atoms with Crippen LogP contribution in [0.5, 0.6) is 0 Å². The van der Waals surface area contributed by atoms with E-state index in [4.69, 9.17) is 0 Å². The molecule has 1 aliphatic heterocycles. The maximum atomic E-state index is 3.54. The van der Waals surface area contributed by atoms with Crippen LogP contribution in [-0.2, 0) is 0 Å². The van der Waals surface area contributed by atoms with Gasteiger partial charge in [-0.05, 0) is 50.4 Å². The molecule has 0 aromatic heterocycles. The van der Waals surface area contributed by atoms with Crippen molar-refractivity contribution in [2.75, 3.05) is 31.5 Å². The third-order valence-corrected chi connectivity index (χ3v) is 4.17. The fraction of sp³-hybridized carbons (Fsp3) is 0.625. The molecule has 0 aliphatic carbocycles. The highest BCUT2D eigenvalue weighted by Gasteiger charge is 2.16. The minimum absolute atomic E-state index is 0.977. The van der Waals surface area contributed by atoms with Gasteiger partial charge in [-0.25, -0.2) is 0 Å². The standard InChI is InChI=1S/C16H26N2/c1-3-15-8-11-18(12-9-15)13-10-17-16-7-5-4-6-14(16)2/h4-7,15,17H,3,8-13H2,1-2H3. The second-order valence-electron chi connectivity index (χ2n) is 5.43. The van der Waals surface area contributed by atoms with Crippen LogP contribution in [0.1, 0.15) is 31.7 Å². The number of hydrogen-bond donors (Lipinski definition) is 1. The molecule has 0 amide bonds. The molecule has 2 heteroatoms. The number of nitrogens with one attached hydrogen (secondary N) is 1. The maximum Gasteiger partial charge on any atom is 0.0370 e. The van der Waals surface area contributed by atoms with Gasteiger partial charge in [0.1, 0.15) is 0 Å². The summed E-state index contributed by atoms with van der Waals surface area (Å²) < 4.78 is 0. The van der Waals surface area contributed by atoms with Crippen LogP contribution in [0.25, 0.3) is 0 Å². The Morgan fingerprint density at radius 2 is 1.94 bits per heavy atom. The van der Waals surface area contributed by atoms with Crippen molar-refractivity contribution in [2.45, 2.75) is 33.1 Å². The van der Waals surface area contributed by atoms with E-state index in [9.17, 15) is 0 Å². The Kier molecular flexibility index (Phi) is 5.06. The Bertz CT molecular complexity index is 354. The molecule has 0 bridgehead atoms. The minimum atomic E-state index is 0.977. The largest absolute Gasteiger partial charge is 0.384 e. The molecule has 1 saturated heterocycles. The number of benzene rings is 1. The molecule has 1 N–H and O–H groups in total. The van der Waals surface area contributed by atoms with Gasteiger partial charge in [-0.15, -0.1) is 0 Å². The van der Waals surface area contributed by atoms with Crippen LogP contribution in [0.2, 0.25) is 0 Å². The van der Waals surface area contributed by atoms with Gasteiger partial charge in [0.05, 0.1) is 0 Å². The van der Waals surface area contributed by atoms with E-state index in [2.05, 4.69) is 48.3 Å². The molecule has 0 atom stereocenters. The summed E-state index contributed by atoms with van der Waals surface area (Å²) in [6.07, 6.45) is 4.14. The number of para-hydroxylation sites is 1. The van der Waals surface area contributed by atoms with Crippen molar-refractivity contribution in [1.29, 1.82) is 0 Å². The number of aryl methyl sites for hydroxylation is 1. The van der Waals surface area contributed by atoms with Crippen LogP contribution in [0.4, 0.5) is 5.69 Å². The molecular formula is C16H26N2. The second-order valence-corrected chi connectivity index (χ2v) is 5.43. The van der Waals surface area contributed by atoms with Crippen molar-refractivity contribution in [3.05, 3.63) is 29.8 Å². The monoisotopic (exact) mass is 246 g/mol. The predicted octanol–water partition coefficient (Wildman–Crippen LogP) is 3.53. The quantitative estimate of drug-likeness (QED) is 0.855. The molecule has 1 aliphatic rings. The smallest absolute Gasteiger partial charge is 0.0370 e. The summed E-state index contributed by atoms with van der Waals surface area (Å²) in [5, 5.41) is 3.54. The molecule has 2 nitrogen and oxygen atoms in total. The van der Waals surface area contributed by atoms with Gasteiger partial charge in [-0.3, -0.25) is 0 Å². The lowest BCUT2D eigenvalue weighted by Crippen LogP contribution is -2.36. The first-order chi connectivity index (χ1) is 8.79. The van der Waals surface area contributed by atoms with Crippen LogP contribution in [0.3, 0.4) is 0 Å². The van der Waals surface area contributed by atoms with Crippen LogP contribution >= 0.6 is 0 Å². The molecule has 0 radical (unpaired) electrons. The van der Waals surface area contributed by atoms with Gasteiger partial charge < -0.3 is 10.2 Å². The highest BCUT2D eigenvalue weighted by atomic mass is 15.1. The zero-order valence-electron chi connectivity index (χ0n) is 11.8. The lowest BCUT2D eigenvalue weighted by Gasteiger charge is -2.31. The summed E-state index contributed by atoms with van der Waals surface area (Å²) in [7, 11) is 0. The van der Waals surface area contributed by atoms with E-state index in [-0.39, 0.29) is 0 Å². The fourth-order valence-electron chi connectivity index (χ4n) is 2.74. The maximum absolute atomic E-state index is 3.54. The highest BCUT2D eigenvalue weighted by Crippen LogP contribution is 2.19. The van der Waals surface area contributed by atoms with E-state index in [0.717, 1.165) is 12.5 Å². The molecule has 2 rings (SSSR count).